The van der Waals surface area contributed by atoms with Crippen molar-refractivity contribution in [3.05, 3.63) is 59.7 Å². The Hall–Kier alpha value is -3.35. The Kier molecular flexibility index (Phi) is 5.93. The molecule has 146 valence electrons. The standard InChI is InChI=1S/C21H22N2O5/c1-27-16-7-3-5-14(11-16)18-13-19(15-6-4-8-17(12-15)28-2)23(22-18)20(24)9-10-21(25)26/h3-8,11-12,19H,9-10,13H2,1-2H3,(H,25,26)/t19-/m0/s1. The molecule has 1 amide bonds. The highest BCUT2D eigenvalue weighted by Gasteiger charge is 2.33. The number of methoxy groups -OCH3 is 2. The maximum atomic E-state index is 12.7. The van der Waals surface area contributed by atoms with Crippen molar-refractivity contribution in [2.24, 2.45) is 5.10 Å². The lowest BCUT2D eigenvalue weighted by molar-refractivity contribution is -0.141. The molecule has 0 aliphatic carbocycles. The van der Waals surface area contributed by atoms with Gasteiger partial charge in [-0.25, -0.2) is 5.01 Å². The minimum absolute atomic E-state index is 0.106. The van der Waals surface area contributed by atoms with E-state index in [0.717, 1.165) is 16.8 Å². The third-order valence-electron chi connectivity index (χ3n) is 4.60. The molecule has 0 radical (unpaired) electrons. The summed E-state index contributed by atoms with van der Waals surface area (Å²) in [4.78, 5) is 23.6. The number of carbonyl (C=O) groups is 2. The van der Waals surface area contributed by atoms with Crippen LogP contribution in [0.5, 0.6) is 11.5 Å². The van der Waals surface area contributed by atoms with Crippen LogP contribution in [0.1, 0.15) is 36.4 Å². The summed E-state index contributed by atoms with van der Waals surface area (Å²) in [5.41, 5.74) is 2.49. The van der Waals surface area contributed by atoms with Crippen LogP contribution in [0, 0.1) is 0 Å². The molecule has 3 rings (SSSR count). The quantitative estimate of drug-likeness (QED) is 0.794. The average Bonchev–Trinajstić information content (AvgIpc) is 3.17. The molecule has 7 nitrogen and oxygen atoms in total. The number of hydrogen-bond acceptors (Lipinski definition) is 5. The van der Waals surface area contributed by atoms with Crippen molar-refractivity contribution >= 4 is 17.6 Å². The third kappa shape index (κ3) is 4.31. The SMILES string of the molecule is COc1cccc(C2=NN(C(=O)CCC(=O)O)[C@H](c3cccc(OC)c3)C2)c1. The van der Waals surface area contributed by atoms with Gasteiger partial charge in [0.05, 0.1) is 32.4 Å². The second-order valence-corrected chi connectivity index (χ2v) is 6.41. The molecule has 0 saturated carbocycles. The minimum atomic E-state index is -1.01. The molecule has 0 aromatic heterocycles. The summed E-state index contributed by atoms with van der Waals surface area (Å²) in [5, 5.41) is 14.8. The van der Waals surface area contributed by atoms with Gasteiger partial charge in [-0.3, -0.25) is 9.59 Å². The minimum Gasteiger partial charge on any atom is -0.497 e. The molecule has 1 aliphatic rings. The van der Waals surface area contributed by atoms with Crippen LogP contribution in [0.15, 0.2) is 53.6 Å². The number of amides is 1. The molecule has 0 spiro atoms. The number of benzene rings is 2. The number of carbonyl (C=O) groups excluding carboxylic acids is 1. The van der Waals surface area contributed by atoms with Gasteiger partial charge in [-0.1, -0.05) is 24.3 Å². The summed E-state index contributed by atoms with van der Waals surface area (Å²) in [5.74, 6) is 0.0506. The maximum Gasteiger partial charge on any atom is 0.303 e. The predicted octanol–water partition coefficient (Wildman–Crippen LogP) is 3.25. The summed E-state index contributed by atoms with van der Waals surface area (Å²) in [7, 11) is 3.18. The van der Waals surface area contributed by atoms with Gasteiger partial charge in [-0.2, -0.15) is 5.10 Å². The Morgan fingerprint density at radius 3 is 2.43 bits per heavy atom. The second-order valence-electron chi connectivity index (χ2n) is 6.41. The summed E-state index contributed by atoms with van der Waals surface area (Å²) in [6.45, 7) is 0. The lowest BCUT2D eigenvalue weighted by atomic mass is 9.98. The molecule has 1 aliphatic heterocycles. The normalized spacial score (nSPS) is 15.9. The van der Waals surface area contributed by atoms with Crippen LogP contribution in [0.4, 0.5) is 0 Å². The van der Waals surface area contributed by atoms with E-state index in [1.165, 1.54) is 5.01 Å². The maximum absolute atomic E-state index is 12.7. The fourth-order valence-electron chi connectivity index (χ4n) is 3.15. The molecule has 7 heteroatoms. The Bertz CT molecular complexity index is 909. The van der Waals surface area contributed by atoms with Crippen LogP contribution in [0.2, 0.25) is 0 Å². The molecular weight excluding hydrogens is 360 g/mol. The molecule has 0 unspecified atom stereocenters. The number of ether oxygens (including phenoxy) is 2. The first kappa shape index (κ1) is 19.4. The van der Waals surface area contributed by atoms with Crippen molar-refractivity contribution in [2.75, 3.05) is 14.2 Å². The van der Waals surface area contributed by atoms with Gasteiger partial charge in [0.25, 0.3) is 0 Å². The first-order valence-electron chi connectivity index (χ1n) is 8.91. The van der Waals surface area contributed by atoms with Crippen molar-refractivity contribution in [3.63, 3.8) is 0 Å². The van der Waals surface area contributed by atoms with Crippen LogP contribution in [0.25, 0.3) is 0 Å². The Balaban J connectivity index is 1.93. The van der Waals surface area contributed by atoms with Gasteiger partial charge in [-0.05, 0) is 29.8 Å². The van der Waals surface area contributed by atoms with Gasteiger partial charge >= 0.3 is 5.97 Å². The summed E-state index contributed by atoms with van der Waals surface area (Å²) in [6, 6.07) is 14.6. The average molecular weight is 382 g/mol. The second kappa shape index (κ2) is 8.56. The van der Waals surface area contributed by atoms with Gasteiger partial charge in [0.2, 0.25) is 5.91 Å². The number of carboxylic acids is 1. The van der Waals surface area contributed by atoms with Crippen molar-refractivity contribution in [3.8, 4) is 11.5 Å². The number of nitrogens with zero attached hydrogens (tertiary/aromatic N) is 2. The van der Waals surface area contributed by atoms with E-state index < -0.39 is 5.97 Å². The lowest BCUT2D eigenvalue weighted by Crippen LogP contribution is -2.27. The third-order valence-corrected chi connectivity index (χ3v) is 4.60. The van der Waals surface area contributed by atoms with E-state index in [-0.39, 0.29) is 24.8 Å². The summed E-state index contributed by atoms with van der Waals surface area (Å²) in [6.07, 6.45) is 0.175. The Morgan fingerprint density at radius 1 is 1.07 bits per heavy atom. The van der Waals surface area contributed by atoms with Crippen LogP contribution in [0.3, 0.4) is 0 Å². The van der Waals surface area contributed by atoms with Crippen molar-refractivity contribution in [2.45, 2.75) is 25.3 Å². The van der Waals surface area contributed by atoms with Gasteiger partial charge in [0.1, 0.15) is 11.5 Å². The van der Waals surface area contributed by atoms with Gasteiger partial charge in [-0.15, -0.1) is 0 Å². The first-order chi connectivity index (χ1) is 13.5. The van der Waals surface area contributed by atoms with Gasteiger partial charge in [0, 0.05) is 18.4 Å². The monoisotopic (exact) mass is 382 g/mol. The van der Waals surface area contributed by atoms with Crippen molar-refractivity contribution in [1.82, 2.24) is 5.01 Å². The van der Waals surface area contributed by atoms with E-state index in [2.05, 4.69) is 5.10 Å². The highest BCUT2D eigenvalue weighted by Crippen LogP contribution is 2.35. The largest absolute Gasteiger partial charge is 0.497 e. The fraction of sp³-hybridized carbons (Fsp3) is 0.286. The molecule has 1 atom stereocenters. The molecule has 2 aromatic carbocycles. The van der Waals surface area contributed by atoms with Crippen LogP contribution >= 0.6 is 0 Å². The molecule has 0 bridgehead atoms. The number of hydrogen-bond donors (Lipinski definition) is 1. The molecular formula is C21H22N2O5. The number of rotatable bonds is 7. The van der Waals surface area contributed by atoms with E-state index in [1.807, 2.05) is 48.5 Å². The summed E-state index contributed by atoms with van der Waals surface area (Å²) >= 11 is 0. The molecule has 1 N–H and O–H groups in total. The van der Waals surface area contributed by atoms with E-state index in [9.17, 15) is 9.59 Å². The smallest absolute Gasteiger partial charge is 0.303 e. The molecule has 0 saturated heterocycles. The van der Waals surface area contributed by atoms with Crippen molar-refractivity contribution in [1.29, 1.82) is 0 Å². The zero-order valence-corrected chi connectivity index (χ0v) is 15.8. The predicted molar refractivity (Wildman–Crippen MR) is 104 cm³/mol. The number of carboxylic acid groups (broad SMARTS) is 1. The summed E-state index contributed by atoms with van der Waals surface area (Å²) < 4.78 is 10.6. The van der Waals surface area contributed by atoms with Crippen LogP contribution < -0.4 is 9.47 Å². The van der Waals surface area contributed by atoms with E-state index in [4.69, 9.17) is 14.6 Å². The Labute approximate surface area is 163 Å². The fourth-order valence-corrected chi connectivity index (χ4v) is 3.15. The number of aliphatic carboxylic acids is 1. The highest BCUT2D eigenvalue weighted by molar-refractivity contribution is 6.03. The van der Waals surface area contributed by atoms with E-state index in [0.29, 0.717) is 17.9 Å². The topological polar surface area (TPSA) is 88.4 Å². The first-order valence-corrected chi connectivity index (χ1v) is 8.91. The zero-order valence-electron chi connectivity index (χ0n) is 15.8. The van der Waals surface area contributed by atoms with E-state index >= 15 is 0 Å². The molecule has 1 heterocycles. The van der Waals surface area contributed by atoms with E-state index in [1.54, 1.807) is 14.2 Å². The highest BCUT2D eigenvalue weighted by atomic mass is 16.5. The van der Waals surface area contributed by atoms with Crippen molar-refractivity contribution < 1.29 is 24.2 Å². The molecule has 0 fully saturated rings. The zero-order chi connectivity index (χ0) is 20.1. The molecule has 2 aromatic rings. The van der Waals surface area contributed by atoms with Gasteiger partial charge in [0.15, 0.2) is 0 Å². The van der Waals surface area contributed by atoms with Crippen LogP contribution in [-0.2, 0) is 9.59 Å². The molecule has 28 heavy (non-hydrogen) atoms. The van der Waals surface area contributed by atoms with Crippen LogP contribution in [-0.4, -0.2) is 41.9 Å². The van der Waals surface area contributed by atoms with Gasteiger partial charge < -0.3 is 14.6 Å². The Morgan fingerprint density at radius 2 is 1.75 bits per heavy atom. The number of hydrazone groups is 1. The lowest BCUT2D eigenvalue weighted by Gasteiger charge is -2.22.